The Kier molecular flexibility index (Phi) is 4.91. The molecule has 2 unspecified atom stereocenters. The predicted molar refractivity (Wildman–Crippen MR) is 75.5 cm³/mol. The van der Waals surface area contributed by atoms with Crippen molar-refractivity contribution in [2.24, 2.45) is 11.7 Å². The second-order valence-electron chi connectivity index (χ2n) is 5.38. The van der Waals surface area contributed by atoms with E-state index in [2.05, 4.69) is 4.98 Å². The summed E-state index contributed by atoms with van der Waals surface area (Å²) in [7, 11) is 1.92. The molecule has 1 heterocycles. The summed E-state index contributed by atoms with van der Waals surface area (Å²) in [6.07, 6.45) is 8.58. The van der Waals surface area contributed by atoms with Gasteiger partial charge < -0.3 is 10.6 Å². The van der Waals surface area contributed by atoms with Gasteiger partial charge in [0.15, 0.2) is 0 Å². The number of rotatable bonds is 4. The molecule has 19 heavy (non-hydrogen) atoms. The number of carbonyl (C=O) groups excluding carboxylic acids is 1. The lowest BCUT2D eigenvalue weighted by atomic mass is 9.83. The Morgan fingerprint density at radius 2 is 2.05 bits per heavy atom. The highest BCUT2D eigenvalue weighted by atomic mass is 16.2. The van der Waals surface area contributed by atoms with E-state index in [0.29, 0.717) is 24.9 Å². The van der Waals surface area contributed by atoms with Crippen molar-refractivity contribution in [2.45, 2.75) is 38.1 Å². The first-order valence-corrected chi connectivity index (χ1v) is 7.07. The average molecular weight is 261 g/mol. The zero-order valence-electron chi connectivity index (χ0n) is 11.6. The minimum Gasteiger partial charge on any atom is -0.342 e. The van der Waals surface area contributed by atoms with E-state index >= 15 is 0 Å². The summed E-state index contributed by atoms with van der Waals surface area (Å²) in [5, 5.41) is 0. The monoisotopic (exact) mass is 261 g/mol. The van der Waals surface area contributed by atoms with Gasteiger partial charge >= 0.3 is 0 Å². The second-order valence-corrected chi connectivity index (χ2v) is 5.38. The molecule has 4 heteroatoms. The van der Waals surface area contributed by atoms with Crippen LogP contribution in [-0.2, 0) is 11.2 Å². The van der Waals surface area contributed by atoms with E-state index < -0.39 is 0 Å². The fourth-order valence-corrected chi connectivity index (χ4v) is 2.96. The molecule has 0 radical (unpaired) electrons. The topological polar surface area (TPSA) is 59.2 Å². The number of hydrogen-bond acceptors (Lipinski definition) is 3. The summed E-state index contributed by atoms with van der Waals surface area (Å²) in [6.45, 7) is 0.678. The fraction of sp³-hybridized carbons (Fsp3) is 0.600. The number of nitrogens with zero attached hydrogens (tertiary/aromatic N) is 2. The summed E-state index contributed by atoms with van der Waals surface area (Å²) < 4.78 is 0. The molecule has 0 saturated heterocycles. The molecule has 0 spiro atoms. The number of hydrogen-bond donors (Lipinski definition) is 1. The van der Waals surface area contributed by atoms with E-state index in [9.17, 15) is 4.79 Å². The molecular formula is C15H23N3O. The number of aromatic nitrogens is 1. The lowest BCUT2D eigenvalue weighted by Gasteiger charge is -2.37. The quantitative estimate of drug-likeness (QED) is 0.895. The Labute approximate surface area is 115 Å². The van der Waals surface area contributed by atoms with Crippen molar-refractivity contribution < 1.29 is 4.79 Å². The van der Waals surface area contributed by atoms with Crippen molar-refractivity contribution >= 4 is 5.91 Å². The van der Waals surface area contributed by atoms with Crippen molar-refractivity contribution in [3.8, 4) is 0 Å². The molecule has 1 aromatic heterocycles. The largest absolute Gasteiger partial charge is 0.342 e. The van der Waals surface area contributed by atoms with E-state index in [4.69, 9.17) is 5.73 Å². The van der Waals surface area contributed by atoms with E-state index in [1.807, 2.05) is 24.1 Å². The van der Waals surface area contributed by atoms with Crippen LogP contribution in [0, 0.1) is 5.92 Å². The second kappa shape index (κ2) is 6.66. The first-order chi connectivity index (χ1) is 9.22. The van der Waals surface area contributed by atoms with Gasteiger partial charge in [0.1, 0.15) is 0 Å². The summed E-state index contributed by atoms with van der Waals surface area (Å²) in [5.41, 5.74) is 6.86. The van der Waals surface area contributed by atoms with Gasteiger partial charge in [-0.15, -0.1) is 0 Å². The molecule has 1 aromatic rings. The molecule has 2 rings (SSSR count). The van der Waals surface area contributed by atoms with E-state index in [0.717, 1.165) is 18.4 Å². The summed E-state index contributed by atoms with van der Waals surface area (Å²) in [5.74, 6) is 0.636. The molecular weight excluding hydrogens is 238 g/mol. The molecule has 104 valence electrons. The minimum atomic E-state index is 0.177. The van der Waals surface area contributed by atoms with Crippen molar-refractivity contribution in [1.29, 1.82) is 0 Å². The zero-order chi connectivity index (χ0) is 13.7. The van der Waals surface area contributed by atoms with E-state index in [1.165, 1.54) is 12.8 Å². The van der Waals surface area contributed by atoms with Crippen LogP contribution in [0.25, 0.3) is 0 Å². The van der Waals surface area contributed by atoms with Crippen LogP contribution in [0.15, 0.2) is 24.5 Å². The summed E-state index contributed by atoms with van der Waals surface area (Å²) in [6, 6.07) is 4.10. The lowest BCUT2D eigenvalue weighted by Crippen LogP contribution is -2.46. The van der Waals surface area contributed by atoms with Crippen molar-refractivity contribution in [3.63, 3.8) is 0 Å². The van der Waals surface area contributed by atoms with Gasteiger partial charge in [-0.2, -0.15) is 0 Å². The third kappa shape index (κ3) is 3.53. The number of carbonyl (C=O) groups is 1. The minimum absolute atomic E-state index is 0.177. The Morgan fingerprint density at radius 3 is 2.74 bits per heavy atom. The Balaban J connectivity index is 1.98. The maximum absolute atomic E-state index is 12.3. The van der Waals surface area contributed by atoms with Gasteiger partial charge in [-0.1, -0.05) is 12.8 Å². The van der Waals surface area contributed by atoms with Gasteiger partial charge in [-0.05, 0) is 43.0 Å². The Morgan fingerprint density at radius 1 is 1.37 bits per heavy atom. The van der Waals surface area contributed by atoms with Crippen molar-refractivity contribution in [2.75, 3.05) is 13.6 Å². The third-order valence-corrected chi connectivity index (χ3v) is 4.17. The number of amides is 1. The highest BCUT2D eigenvalue weighted by Crippen LogP contribution is 2.27. The van der Waals surface area contributed by atoms with Crippen LogP contribution >= 0.6 is 0 Å². The van der Waals surface area contributed by atoms with E-state index in [-0.39, 0.29) is 5.91 Å². The number of likely N-dealkylation sites (N-methyl/N-ethyl adjacent to an activating group) is 1. The highest BCUT2D eigenvalue weighted by Gasteiger charge is 2.29. The first kappa shape index (κ1) is 14.0. The fourth-order valence-electron chi connectivity index (χ4n) is 2.96. The summed E-state index contributed by atoms with van der Waals surface area (Å²) >= 11 is 0. The molecule has 1 amide bonds. The van der Waals surface area contributed by atoms with Gasteiger partial charge in [-0.25, -0.2) is 0 Å². The molecule has 2 N–H and O–H groups in total. The molecule has 1 aliphatic rings. The molecule has 0 aliphatic heterocycles. The molecule has 0 aromatic carbocycles. The van der Waals surface area contributed by atoms with Crippen LogP contribution in [0.5, 0.6) is 0 Å². The van der Waals surface area contributed by atoms with E-state index in [1.54, 1.807) is 12.4 Å². The van der Waals surface area contributed by atoms with Gasteiger partial charge in [-0.3, -0.25) is 9.78 Å². The van der Waals surface area contributed by atoms with Crippen LogP contribution in [0.4, 0.5) is 0 Å². The predicted octanol–water partition coefficient (Wildman–Crippen LogP) is 1.60. The average Bonchev–Trinajstić information content (AvgIpc) is 2.47. The van der Waals surface area contributed by atoms with Crippen LogP contribution in [-0.4, -0.2) is 35.4 Å². The third-order valence-electron chi connectivity index (χ3n) is 4.17. The van der Waals surface area contributed by atoms with Gasteiger partial charge in [0.2, 0.25) is 5.91 Å². The molecule has 0 bridgehead atoms. The zero-order valence-corrected chi connectivity index (χ0v) is 11.6. The number of pyridine rings is 1. The van der Waals surface area contributed by atoms with Gasteiger partial charge in [0.25, 0.3) is 0 Å². The van der Waals surface area contributed by atoms with Crippen molar-refractivity contribution in [1.82, 2.24) is 9.88 Å². The maximum atomic E-state index is 12.3. The molecule has 2 atom stereocenters. The van der Waals surface area contributed by atoms with Gasteiger partial charge in [0.05, 0.1) is 6.42 Å². The highest BCUT2D eigenvalue weighted by molar-refractivity contribution is 5.78. The molecule has 4 nitrogen and oxygen atoms in total. The van der Waals surface area contributed by atoms with Crippen LogP contribution in [0.1, 0.15) is 31.2 Å². The normalized spacial score (nSPS) is 23.1. The lowest BCUT2D eigenvalue weighted by molar-refractivity contribution is -0.132. The first-order valence-electron chi connectivity index (χ1n) is 7.07. The molecule has 1 aliphatic carbocycles. The van der Waals surface area contributed by atoms with Crippen LogP contribution < -0.4 is 5.73 Å². The Hall–Kier alpha value is -1.42. The molecule has 1 saturated carbocycles. The van der Waals surface area contributed by atoms with Crippen LogP contribution in [0.3, 0.4) is 0 Å². The molecule has 1 fully saturated rings. The van der Waals surface area contributed by atoms with Crippen molar-refractivity contribution in [3.05, 3.63) is 30.1 Å². The van der Waals surface area contributed by atoms with Crippen LogP contribution in [0.2, 0.25) is 0 Å². The maximum Gasteiger partial charge on any atom is 0.226 e. The standard InChI is InChI=1S/C15H23N3O/c1-18(14-5-3-2-4-13(14)11-16)15(19)10-12-6-8-17-9-7-12/h6-9,13-14H,2-5,10-11,16H2,1H3. The Bertz CT molecular complexity index is 407. The summed E-state index contributed by atoms with van der Waals surface area (Å²) in [4.78, 5) is 18.2. The SMILES string of the molecule is CN(C(=O)Cc1ccncc1)C1CCCCC1CN. The number of nitrogens with two attached hydrogens (primary N) is 1. The smallest absolute Gasteiger partial charge is 0.226 e. The van der Waals surface area contributed by atoms with Gasteiger partial charge in [0, 0.05) is 25.5 Å².